The van der Waals surface area contributed by atoms with Crippen LogP contribution in [0.25, 0.3) is 0 Å². The van der Waals surface area contributed by atoms with Gasteiger partial charge in [0.15, 0.2) is 5.75 Å². The first-order valence-electron chi connectivity index (χ1n) is 7.16. The standard InChI is InChI=1S/C15H16Cl2N2O5/c1-24-13-10(17)3-2-9(16)12(13)14(21)18-4-5-19-7-8(15(22)23)6-11(19)20/h2-3,8H,4-7H2,1H3,(H,18,21)(H,22,23). The summed E-state index contributed by atoms with van der Waals surface area (Å²) in [5, 5.41) is 12.0. The van der Waals surface area contributed by atoms with Crippen molar-refractivity contribution in [1.29, 1.82) is 0 Å². The van der Waals surface area contributed by atoms with Gasteiger partial charge in [0.05, 0.1) is 23.1 Å². The van der Waals surface area contributed by atoms with Gasteiger partial charge in [-0.1, -0.05) is 23.2 Å². The van der Waals surface area contributed by atoms with Gasteiger partial charge in [0.1, 0.15) is 5.56 Å². The molecule has 9 heteroatoms. The molecule has 1 unspecified atom stereocenters. The summed E-state index contributed by atoms with van der Waals surface area (Å²) in [6.45, 7) is 0.517. The Morgan fingerprint density at radius 1 is 1.38 bits per heavy atom. The summed E-state index contributed by atoms with van der Waals surface area (Å²) in [4.78, 5) is 36.3. The summed E-state index contributed by atoms with van der Waals surface area (Å²) >= 11 is 12.0. The van der Waals surface area contributed by atoms with E-state index in [-0.39, 0.29) is 53.3 Å². The van der Waals surface area contributed by atoms with Crippen LogP contribution in [0.4, 0.5) is 0 Å². The summed E-state index contributed by atoms with van der Waals surface area (Å²) in [6.07, 6.45) is -0.0166. The minimum Gasteiger partial charge on any atom is -0.494 e. The van der Waals surface area contributed by atoms with Gasteiger partial charge < -0.3 is 20.1 Å². The van der Waals surface area contributed by atoms with Crippen molar-refractivity contribution in [2.24, 2.45) is 5.92 Å². The second-order valence-corrected chi connectivity index (χ2v) is 6.09. The highest BCUT2D eigenvalue weighted by Gasteiger charge is 2.33. The lowest BCUT2D eigenvalue weighted by Gasteiger charge is -2.17. The number of hydrogen-bond donors (Lipinski definition) is 2. The van der Waals surface area contributed by atoms with Gasteiger partial charge in [-0.2, -0.15) is 0 Å². The molecule has 7 nitrogen and oxygen atoms in total. The molecular weight excluding hydrogens is 359 g/mol. The molecule has 2 rings (SSSR count). The molecule has 24 heavy (non-hydrogen) atoms. The molecule has 1 aromatic rings. The summed E-state index contributed by atoms with van der Waals surface area (Å²) in [7, 11) is 1.38. The number of carbonyl (C=O) groups is 3. The molecule has 0 spiro atoms. The van der Waals surface area contributed by atoms with E-state index in [1.807, 2.05) is 0 Å². The van der Waals surface area contributed by atoms with E-state index in [1.165, 1.54) is 24.1 Å². The van der Waals surface area contributed by atoms with Crippen LogP contribution in [-0.4, -0.2) is 54.5 Å². The molecule has 0 aromatic heterocycles. The number of ether oxygens (including phenoxy) is 1. The molecule has 1 heterocycles. The van der Waals surface area contributed by atoms with E-state index in [1.54, 1.807) is 0 Å². The van der Waals surface area contributed by atoms with Gasteiger partial charge >= 0.3 is 5.97 Å². The lowest BCUT2D eigenvalue weighted by molar-refractivity contribution is -0.141. The number of benzene rings is 1. The van der Waals surface area contributed by atoms with Gasteiger partial charge in [0.2, 0.25) is 5.91 Å². The third kappa shape index (κ3) is 3.91. The van der Waals surface area contributed by atoms with Gasteiger partial charge in [0.25, 0.3) is 5.91 Å². The number of amides is 2. The first-order valence-corrected chi connectivity index (χ1v) is 7.91. The average molecular weight is 375 g/mol. The molecule has 0 bridgehead atoms. The Kier molecular flexibility index (Phi) is 5.90. The molecule has 1 atom stereocenters. The number of hydrogen-bond acceptors (Lipinski definition) is 4. The highest BCUT2D eigenvalue weighted by molar-refractivity contribution is 6.37. The van der Waals surface area contributed by atoms with Crippen LogP contribution < -0.4 is 10.1 Å². The molecule has 1 aliphatic rings. The zero-order chi connectivity index (χ0) is 17.9. The third-order valence-electron chi connectivity index (χ3n) is 3.72. The fourth-order valence-corrected chi connectivity index (χ4v) is 2.96. The van der Waals surface area contributed by atoms with Crippen molar-refractivity contribution in [2.45, 2.75) is 6.42 Å². The number of carboxylic acid groups (broad SMARTS) is 1. The monoisotopic (exact) mass is 374 g/mol. The Hall–Kier alpha value is -1.99. The molecular formula is C15H16Cl2N2O5. The summed E-state index contributed by atoms with van der Waals surface area (Å²) in [6, 6.07) is 3.01. The molecule has 1 aliphatic heterocycles. The SMILES string of the molecule is COc1c(Cl)ccc(Cl)c1C(=O)NCCN1CC(C(=O)O)CC1=O. The zero-order valence-electron chi connectivity index (χ0n) is 12.8. The quantitative estimate of drug-likeness (QED) is 0.789. The normalized spacial score (nSPS) is 17.0. The van der Waals surface area contributed by atoms with Crippen molar-refractivity contribution in [3.63, 3.8) is 0 Å². The molecule has 1 fully saturated rings. The fourth-order valence-electron chi connectivity index (χ4n) is 2.49. The molecule has 0 saturated carbocycles. The highest BCUT2D eigenvalue weighted by Crippen LogP contribution is 2.33. The van der Waals surface area contributed by atoms with Gasteiger partial charge in [-0.25, -0.2) is 0 Å². The lowest BCUT2D eigenvalue weighted by Crippen LogP contribution is -2.36. The lowest BCUT2D eigenvalue weighted by atomic mass is 10.1. The molecule has 2 amide bonds. The number of rotatable bonds is 6. The van der Waals surface area contributed by atoms with E-state index in [2.05, 4.69) is 5.32 Å². The molecule has 0 radical (unpaired) electrons. The molecule has 1 aromatic carbocycles. The van der Waals surface area contributed by atoms with E-state index in [4.69, 9.17) is 33.0 Å². The highest BCUT2D eigenvalue weighted by atomic mass is 35.5. The minimum atomic E-state index is -0.995. The Morgan fingerprint density at radius 3 is 2.62 bits per heavy atom. The number of nitrogens with zero attached hydrogens (tertiary/aromatic N) is 1. The summed E-state index contributed by atoms with van der Waals surface area (Å²) < 4.78 is 5.11. The molecule has 0 aliphatic carbocycles. The number of aliphatic carboxylic acids is 1. The molecule has 2 N–H and O–H groups in total. The Morgan fingerprint density at radius 2 is 2.04 bits per heavy atom. The molecule has 1 saturated heterocycles. The predicted molar refractivity (Wildman–Crippen MR) is 87.7 cm³/mol. The summed E-state index contributed by atoms with van der Waals surface area (Å²) in [5.41, 5.74) is 0.114. The largest absolute Gasteiger partial charge is 0.494 e. The van der Waals surface area contributed by atoms with Crippen LogP contribution in [-0.2, 0) is 9.59 Å². The number of methoxy groups -OCH3 is 1. The van der Waals surface area contributed by atoms with Gasteiger partial charge in [-0.15, -0.1) is 0 Å². The van der Waals surface area contributed by atoms with E-state index in [0.29, 0.717) is 0 Å². The average Bonchev–Trinajstić information content (AvgIpc) is 2.90. The number of halogens is 2. The van der Waals surface area contributed by atoms with Crippen LogP contribution in [0, 0.1) is 5.92 Å². The smallest absolute Gasteiger partial charge is 0.308 e. The first kappa shape index (κ1) is 18.4. The predicted octanol–water partition coefficient (Wildman–Crippen LogP) is 1.66. The van der Waals surface area contributed by atoms with Crippen molar-refractivity contribution >= 4 is 41.0 Å². The van der Waals surface area contributed by atoms with Crippen LogP contribution in [0.1, 0.15) is 16.8 Å². The number of carboxylic acids is 1. The maximum absolute atomic E-state index is 12.3. The number of likely N-dealkylation sites (tertiary alicyclic amines) is 1. The van der Waals surface area contributed by atoms with E-state index < -0.39 is 17.8 Å². The van der Waals surface area contributed by atoms with Crippen LogP contribution in [0.15, 0.2) is 12.1 Å². The van der Waals surface area contributed by atoms with Crippen LogP contribution >= 0.6 is 23.2 Å². The maximum Gasteiger partial charge on any atom is 0.308 e. The van der Waals surface area contributed by atoms with Crippen molar-refractivity contribution in [1.82, 2.24) is 10.2 Å². The van der Waals surface area contributed by atoms with Crippen molar-refractivity contribution in [3.05, 3.63) is 27.7 Å². The van der Waals surface area contributed by atoms with Crippen LogP contribution in [0.5, 0.6) is 5.75 Å². The zero-order valence-corrected chi connectivity index (χ0v) is 14.4. The minimum absolute atomic E-state index is 0.0166. The van der Waals surface area contributed by atoms with E-state index in [0.717, 1.165) is 0 Å². The van der Waals surface area contributed by atoms with Gasteiger partial charge in [0, 0.05) is 26.1 Å². The van der Waals surface area contributed by atoms with Crippen molar-refractivity contribution in [3.8, 4) is 5.75 Å². The Labute approximate surface area is 148 Å². The van der Waals surface area contributed by atoms with Crippen molar-refractivity contribution in [2.75, 3.05) is 26.7 Å². The Bertz CT molecular complexity index is 680. The molecule has 130 valence electrons. The number of carbonyl (C=O) groups excluding carboxylic acids is 2. The first-order chi connectivity index (χ1) is 11.3. The Balaban J connectivity index is 1.96. The van der Waals surface area contributed by atoms with Gasteiger partial charge in [-0.3, -0.25) is 14.4 Å². The second-order valence-electron chi connectivity index (χ2n) is 5.27. The maximum atomic E-state index is 12.3. The van der Waals surface area contributed by atoms with Gasteiger partial charge in [-0.05, 0) is 12.1 Å². The number of nitrogens with one attached hydrogen (secondary N) is 1. The van der Waals surface area contributed by atoms with Crippen molar-refractivity contribution < 1.29 is 24.2 Å². The van der Waals surface area contributed by atoms with Crippen LogP contribution in [0.2, 0.25) is 10.0 Å². The van der Waals surface area contributed by atoms with E-state index in [9.17, 15) is 14.4 Å². The third-order valence-corrected chi connectivity index (χ3v) is 4.33. The summed E-state index contributed by atoms with van der Waals surface area (Å²) in [5.74, 6) is -2.25. The second kappa shape index (κ2) is 7.72. The van der Waals surface area contributed by atoms with E-state index >= 15 is 0 Å². The fraction of sp³-hybridized carbons (Fsp3) is 0.400. The van der Waals surface area contributed by atoms with Crippen LogP contribution in [0.3, 0.4) is 0 Å². The topological polar surface area (TPSA) is 95.9 Å².